The summed E-state index contributed by atoms with van der Waals surface area (Å²) in [5.74, 6) is 0.546. The quantitative estimate of drug-likeness (QED) is 0.762. The van der Waals surface area contributed by atoms with E-state index < -0.39 is 0 Å². The molecule has 5 rings (SSSR count). The molecule has 2 aromatic rings. The van der Waals surface area contributed by atoms with Crippen LogP contribution in [0.15, 0.2) is 54.6 Å². The second-order valence-corrected chi connectivity index (χ2v) is 9.11. The lowest BCUT2D eigenvalue weighted by Gasteiger charge is -2.41. The average Bonchev–Trinajstić information content (AvgIpc) is 3.20. The number of fused-ring (bicyclic) bond motifs is 1. The molecule has 33 heavy (non-hydrogen) atoms. The predicted molar refractivity (Wildman–Crippen MR) is 127 cm³/mol. The Kier molecular flexibility index (Phi) is 5.95. The van der Waals surface area contributed by atoms with Gasteiger partial charge in [0.2, 0.25) is 11.8 Å². The number of hydrogen-bond acceptors (Lipinski definition) is 6. The van der Waals surface area contributed by atoms with Gasteiger partial charge in [0.1, 0.15) is 5.75 Å². The first kappa shape index (κ1) is 21.7. The van der Waals surface area contributed by atoms with Crippen LogP contribution in [0.3, 0.4) is 0 Å². The summed E-state index contributed by atoms with van der Waals surface area (Å²) in [4.78, 5) is 33.2. The fourth-order valence-corrected chi connectivity index (χ4v) is 5.27. The molecule has 1 N–H and O–H groups in total. The lowest BCUT2D eigenvalue weighted by molar-refractivity contribution is -0.139. The van der Waals surface area contributed by atoms with E-state index in [2.05, 4.69) is 27.4 Å². The highest BCUT2D eigenvalue weighted by atomic mass is 16.5. The van der Waals surface area contributed by atoms with Crippen molar-refractivity contribution in [1.82, 2.24) is 15.2 Å². The molecule has 0 spiro atoms. The fraction of sp³-hybridized carbons (Fsp3) is 0.440. The number of piperazine rings is 1. The highest BCUT2D eigenvalue weighted by molar-refractivity contribution is 5.98. The van der Waals surface area contributed by atoms with Crippen molar-refractivity contribution in [2.24, 2.45) is 11.8 Å². The Hall–Kier alpha value is -3.10. The number of nitrogens with one attached hydrogen (secondary N) is 1. The molecule has 174 valence electrons. The van der Waals surface area contributed by atoms with Crippen molar-refractivity contribution in [2.45, 2.75) is 6.04 Å². The molecule has 3 unspecified atom stereocenters. The van der Waals surface area contributed by atoms with E-state index in [-0.39, 0.29) is 29.7 Å². The maximum atomic E-state index is 13.6. The van der Waals surface area contributed by atoms with Crippen molar-refractivity contribution < 1.29 is 14.3 Å². The second kappa shape index (κ2) is 9.03. The van der Waals surface area contributed by atoms with E-state index in [9.17, 15) is 9.59 Å². The number of likely N-dealkylation sites (tertiary alicyclic amines) is 1. The molecule has 0 bridgehead atoms. The van der Waals surface area contributed by atoms with Crippen LogP contribution < -0.4 is 20.1 Å². The molecular weight excluding hydrogens is 418 g/mol. The lowest BCUT2D eigenvalue weighted by Crippen LogP contribution is -2.59. The normalized spacial score (nSPS) is 25.8. The zero-order valence-electron chi connectivity index (χ0n) is 19.2. The SMILES string of the molecule is COc1ccc(N2CCN(C(=O)C3CN(C)CC4C(=O)N(c5ccccc5)NC34)CC2)cc1. The predicted octanol–water partition coefficient (Wildman–Crippen LogP) is 1.44. The molecule has 0 saturated carbocycles. The fourth-order valence-electron chi connectivity index (χ4n) is 5.27. The number of methoxy groups -OCH3 is 1. The Morgan fingerprint density at radius 2 is 1.64 bits per heavy atom. The van der Waals surface area contributed by atoms with Crippen LogP contribution in [0.2, 0.25) is 0 Å². The molecule has 2 aromatic carbocycles. The Morgan fingerprint density at radius 1 is 0.939 bits per heavy atom. The monoisotopic (exact) mass is 449 g/mol. The van der Waals surface area contributed by atoms with Crippen molar-refractivity contribution in [3.63, 3.8) is 0 Å². The second-order valence-electron chi connectivity index (χ2n) is 9.11. The number of benzene rings is 2. The standard InChI is InChI=1S/C25H31N5O3/c1-27-16-21(23-22(17-27)25(32)30(26-23)19-6-4-3-5-7-19)24(31)29-14-12-28(13-15-29)18-8-10-20(33-2)11-9-18/h3-11,21-23,26H,12-17H2,1-2H3. The van der Waals surface area contributed by atoms with Gasteiger partial charge in [-0.2, -0.15) is 0 Å². The maximum absolute atomic E-state index is 13.6. The molecular formula is C25H31N5O3. The first-order chi connectivity index (χ1) is 16.0. The lowest BCUT2D eigenvalue weighted by atomic mass is 9.84. The van der Waals surface area contributed by atoms with Gasteiger partial charge in [-0.1, -0.05) is 18.2 Å². The summed E-state index contributed by atoms with van der Waals surface area (Å²) in [6, 6.07) is 17.5. The minimum absolute atomic E-state index is 0.0416. The molecule has 3 fully saturated rings. The number of piperidine rings is 1. The van der Waals surface area contributed by atoms with Crippen molar-refractivity contribution >= 4 is 23.2 Å². The first-order valence-corrected chi connectivity index (χ1v) is 11.6. The molecule has 8 nitrogen and oxygen atoms in total. The van der Waals surface area contributed by atoms with Gasteiger partial charge < -0.3 is 19.4 Å². The van der Waals surface area contributed by atoms with E-state index in [1.165, 1.54) is 0 Å². The van der Waals surface area contributed by atoms with E-state index in [0.29, 0.717) is 26.2 Å². The van der Waals surface area contributed by atoms with E-state index >= 15 is 0 Å². The van der Waals surface area contributed by atoms with Crippen LogP contribution in [-0.4, -0.2) is 81.1 Å². The third kappa shape index (κ3) is 4.16. The van der Waals surface area contributed by atoms with Gasteiger partial charge in [0, 0.05) is 45.0 Å². The molecule has 0 radical (unpaired) electrons. The molecule has 3 heterocycles. The van der Waals surface area contributed by atoms with Gasteiger partial charge in [-0.15, -0.1) is 0 Å². The molecule has 2 amide bonds. The van der Waals surface area contributed by atoms with Crippen LogP contribution in [0.5, 0.6) is 5.75 Å². The van der Waals surface area contributed by atoms with Crippen LogP contribution in [0.25, 0.3) is 0 Å². The topological polar surface area (TPSA) is 68.4 Å². The molecule has 3 aliphatic rings. The number of rotatable bonds is 4. The molecule has 3 saturated heterocycles. The average molecular weight is 450 g/mol. The van der Waals surface area contributed by atoms with Gasteiger partial charge in [0.15, 0.2) is 0 Å². The number of carbonyl (C=O) groups excluding carboxylic acids is 2. The summed E-state index contributed by atoms with van der Waals surface area (Å²) < 4.78 is 5.25. The van der Waals surface area contributed by atoms with Gasteiger partial charge in [0.05, 0.1) is 30.7 Å². The number of amides is 2. The summed E-state index contributed by atoms with van der Waals surface area (Å²) >= 11 is 0. The summed E-state index contributed by atoms with van der Waals surface area (Å²) in [6.07, 6.45) is 0. The Morgan fingerprint density at radius 3 is 2.30 bits per heavy atom. The highest BCUT2D eigenvalue weighted by Gasteiger charge is 2.51. The Bertz CT molecular complexity index is 991. The number of ether oxygens (including phenoxy) is 1. The Balaban J connectivity index is 1.26. The van der Waals surface area contributed by atoms with E-state index in [1.54, 1.807) is 12.1 Å². The van der Waals surface area contributed by atoms with Gasteiger partial charge in [0.25, 0.3) is 0 Å². The summed E-state index contributed by atoms with van der Waals surface area (Å²) in [5, 5.41) is 1.64. The number of hydrazine groups is 1. The van der Waals surface area contributed by atoms with Crippen molar-refractivity contribution in [3.05, 3.63) is 54.6 Å². The molecule has 0 aliphatic carbocycles. The Labute approximate surface area is 194 Å². The van der Waals surface area contributed by atoms with E-state index in [4.69, 9.17) is 4.74 Å². The highest BCUT2D eigenvalue weighted by Crippen LogP contribution is 2.32. The minimum atomic E-state index is -0.251. The van der Waals surface area contributed by atoms with Crippen LogP contribution in [-0.2, 0) is 9.59 Å². The van der Waals surface area contributed by atoms with E-state index in [1.807, 2.05) is 54.4 Å². The van der Waals surface area contributed by atoms with Crippen molar-refractivity contribution in [1.29, 1.82) is 0 Å². The first-order valence-electron chi connectivity index (χ1n) is 11.6. The van der Waals surface area contributed by atoms with Crippen molar-refractivity contribution in [2.75, 3.05) is 63.3 Å². The molecule has 8 heteroatoms. The minimum Gasteiger partial charge on any atom is -0.497 e. The summed E-state index contributed by atoms with van der Waals surface area (Å²) in [7, 11) is 3.66. The van der Waals surface area contributed by atoms with Crippen LogP contribution in [0.1, 0.15) is 0 Å². The van der Waals surface area contributed by atoms with Gasteiger partial charge in [-0.25, -0.2) is 10.4 Å². The number of para-hydroxylation sites is 1. The summed E-state index contributed by atoms with van der Waals surface area (Å²) in [5.41, 5.74) is 5.34. The zero-order valence-corrected chi connectivity index (χ0v) is 19.2. The number of nitrogens with zero attached hydrogens (tertiary/aromatic N) is 4. The smallest absolute Gasteiger partial charge is 0.247 e. The molecule has 3 atom stereocenters. The zero-order chi connectivity index (χ0) is 22.9. The van der Waals surface area contributed by atoms with Crippen LogP contribution >= 0.6 is 0 Å². The largest absolute Gasteiger partial charge is 0.497 e. The number of hydrogen-bond donors (Lipinski definition) is 1. The van der Waals surface area contributed by atoms with Gasteiger partial charge >= 0.3 is 0 Å². The maximum Gasteiger partial charge on any atom is 0.247 e. The molecule has 0 aromatic heterocycles. The van der Waals surface area contributed by atoms with E-state index in [0.717, 1.165) is 30.2 Å². The third-order valence-corrected chi connectivity index (χ3v) is 7.06. The van der Waals surface area contributed by atoms with Crippen LogP contribution in [0, 0.1) is 11.8 Å². The van der Waals surface area contributed by atoms with Crippen LogP contribution in [0.4, 0.5) is 11.4 Å². The van der Waals surface area contributed by atoms with Crippen molar-refractivity contribution in [3.8, 4) is 5.75 Å². The number of carbonyl (C=O) groups is 2. The van der Waals surface area contributed by atoms with Gasteiger partial charge in [-0.05, 0) is 43.4 Å². The molecule has 3 aliphatic heterocycles. The third-order valence-electron chi connectivity index (χ3n) is 7.06. The number of anilines is 2. The summed E-state index contributed by atoms with van der Waals surface area (Å²) in [6.45, 7) is 4.25. The van der Waals surface area contributed by atoms with Gasteiger partial charge in [-0.3, -0.25) is 9.59 Å².